The molecule has 0 atom stereocenters. The fourth-order valence-corrected chi connectivity index (χ4v) is 5.43. The number of thiol groups is 1. The largest absolute Gasteiger partial charge is 0.493 e. The summed E-state index contributed by atoms with van der Waals surface area (Å²) in [5.74, 6) is 3.45. The summed E-state index contributed by atoms with van der Waals surface area (Å²) in [7, 11) is 4.07. The van der Waals surface area contributed by atoms with E-state index in [1.807, 2.05) is 62.6 Å². The molecule has 39 heavy (non-hydrogen) atoms. The zero-order valence-corrected chi connectivity index (χ0v) is 24.0. The van der Waals surface area contributed by atoms with Crippen LogP contribution in [0.4, 0.5) is 0 Å². The molecule has 3 aromatic heterocycles. The van der Waals surface area contributed by atoms with Crippen molar-refractivity contribution in [2.24, 2.45) is 14.1 Å². The van der Waals surface area contributed by atoms with Gasteiger partial charge in [0.05, 0.1) is 28.7 Å². The number of aryl methyl sites for hydroxylation is 2. The minimum absolute atomic E-state index is 0.690. The topological polar surface area (TPSA) is 57.8 Å². The molecule has 5 rings (SSSR count). The molecule has 0 saturated heterocycles. The predicted molar refractivity (Wildman–Crippen MR) is 165 cm³/mol. The molecule has 0 N–H and O–H groups in total. The number of aromatic nitrogens is 5. The molecule has 0 unspecified atom stereocenters. The van der Waals surface area contributed by atoms with Crippen LogP contribution in [0.1, 0.15) is 57.8 Å². The molecule has 0 spiro atoms. The monoisotopic (exact) mass is 541 g/mol. The van der Waals surface area contributed by atoms with E-state index in [9.17, 15) is 0 Å². The van der Waals surface area contributed by atoms with Crippen LogP contribution in [0.25, 0.3) is 45.1 Å². The Morgan fingerprint density at radius 3 is 1.56 bits per heavy atom. The van der Waals surface area contributed by atoms with Gasteiger partial charge in [0, 0.05) is 26.2 Å². The van der Waals surface area contributed by atoms with E-state index in [1.54, 1.807) is 0 Å². The lowest BCUT2D eigenvalue weighted by molar-refractivity contribution is 0.304. The number of nitrogens with zero attached hydrogens (tertiary/aromatic N) is 5. The average Bonchev–Trinajstić information content (AvgIpc) is 3.48. The Kier molecular flexibility index (Phi) is 9.19. The van der Waals surface area contributed by atoms with Gasteiger partial charge in [-0.1, -0.05) is 69.2 Å². The quantitative estimate of drug-likeness (QED) is 0.114. The highest BCUT2D eigenvalue weighted by molar-refractivity contribution is 7.80. The molecule has 6 nitrogen and oxygen atoms in total. The van der Waals surface area contributed by atoms with Gasteiger partial charge in [0.25, 0.3) is 0 Å². The van der Waals surface area contributed by atoms with E-state index in [1.165, 1.54) is 51.4 Å². The average molecular weight is 542 g/mol. The highest BCUT2D eigenvalue weighted by atomic mass is 32.1. The highest BCUT2D eigenvalue weighted by Crippen LogP contribution is 2.31. The van der Waals surface area contributed by atoms with Crippen LogP contribution in [0.15, 0.2) is 60.7 Å². The number of ether oxygens (including phenoxy) is 1. The van der Waals surface area contributed by atoms with Crippen molar-refractivity contribution in [1.82, 2.24) is 24.1 Å². The fraction of sp³-hybridized carbons (Fsp3) is 0.406. The maximum atomic E-state index is 6.31. The second kappa shape index (κ2) is 13.2. The van der Waals surface area contributed by atoms with Gasteiger partial charge in [-0.05, 0) is 42.9 Å². The van der Waals surface area contributed by atoms with Gasteiger partial charge in [0.15, 0.2) is 11.6 Å². The smallest absolute Gasteiger partial charge is 0.159 e. The lowest BCUT2D eigenvalue weighted by Crippen LogP contribution is -2.03. The van der Waals surface area contributed by atoms with Crippen molar-refractivity contribution in [1.29, 1.82) is 0 Å². The van der Waals surface area contributed by atoms with Crippen LogP contribution in [-0.4, -0.2) is 36.4 Å². The molecule has 0 aliphatic heterocycles. The number of imidazole rings is 2. The van der Waals surface area contributed by atoms with Gasteiger partial charge in [0.1, 0.15) is 17.1 Å². The Hall–Kier alpha value is -3.32. The second-order valence-corrected chi connectivity index (χ2v) is 10.7. The third-order valence-electron chi connectivity index (χ3n) is 7.40. The molecular formula is C32H39N5OS. The number of hydrogen-bond donors (Lipinski definition) is 1. The predicted octanol–water partition coefficient (Wildman–Crippen LogP) is 8.01. The maximum absolute atomic E-state index is 6.31. The minimum Gasteiger partial charge on any atom is -0.493 e. The molecular weight excluding hydrogens is 502 g/mol. The summed E-state index contributed by atoms with van der Waals surface area (Å²) in [5.41, 5.74) is 5.62. The summed E-state index contributed by atoms with van der Waals surface area (Å²) in [6.07, 6.45) is 11.4. The van der Waals surface area contributed by atoms with Crippen molar-refractivity contribution in [2.45, 2.75) is 57.8 Å². The Labute approximate surface area is 236 Å². The van der Waals surface area contributed by atoms with Crippen LogP contribution in [0.2, 0.25) is 0 Å². The van der Waals surface area contributed by atoms with Crippen LogP contribution >= 0.6 is 12.6 Å². The Bertz CT molecular complexity index is 1420. The summed E-state index contributed by atoms with van der Waals surface area (Å²) < 4.78 is 10.5. The molecule has 3 heterocycles. The van der Waals surface area contributed by atoms with Crippen LogP contribution in [-0.2, 0) is 14.1 Å². The number of fused-ring (bicyclic) bond motifs is 2. The first-order valence-corrected chi connectivity index (χ1v) is 14.9. The van der Waals surface area contributed by atoms with Gasteiger partial charge in [0.2, 0.25) is 0 Å². The SMILES string of the molecule is Cn1c(-c2cc(OCCCCCCCCCCCS)cc(-c3nc4ccccc4n3C)n2)nc2ccccc21. The summed E-state index contributed by atoms with van der Waals surface area (Å²) >= 11 is 4.29. The minimum atomic E-state index is 0.690. The molecule has 204 valence electrons. The van der Waals surface area contributed by atoms with Crippen LogP contribution < -0.4 is 4.74 Å². The molecule has 0 fully saturated rings. The van der Waals surface area contributed by atoms with E-state index >= 15 is 0 Å². The number of para-hydroxylation sites is 4. The first kappa shape index (κ1) is 27.3. The van der Waals surface area contributed by atoms with E-state index in [4.69, 9.17) is 19.7 Å². The summed E-state index contributed by atoms with van der Waals surface area (Å²) in [6, 6.07) is 20.4. The van der Waals surface area contributed by atoms with Gasteiger partial charge in [-0.25, -0.2) is 15.0 Å². The summed E-state index contributed by atoms with van der Waals surface area (Å²) in [6.45, 7) is 0.690. The molecule has 0 aliphatic carbocycles. The maximum Gasteiger partial charge on any atom is 0.159 e. The van der Waals surface area contributed by atoms with Gasteiger partial charge in [-0.15, -0.1) is 0 Å². The van der Waals surface area contributed by atoms with E-state index < -0.39 is 0 Å². The van der Waals surface area contributed by atoms with E-state index in [2.05, 4.69) is 33.9 Å². The first-order valence-electron chi connectivity index (χ1n) is 14.2. The van der Waals surface area contributed by atoms with Crippen LogP contribution in [0.3, 0.4) is 0 Å². The standard InChI is InChI=1S/C32H39N5OS/c1-36-29-18-12-10-16-25(29)34-31(36)27-22-24(38-20-14-8-6-4-3-5-7-9-15-21-39)23-28(33-27)32-35-26-17-11-13-19-30(26)37(32)2/h10-13,16-19,22-23,39H,3-9,14-15,20-21H2,1-2H3. The zero-order chi connectivity index (χ0) is 27.0. The van der Waals surface area contributed by atoms with Gasteiger partial charge in [-0.2, -0.15) is 12.6 Å². The van der Waals surface area contributed by atoms with Crippen molar-refractivity contribution in [3.63, 3.8) is 0 Å². The van der Waals surface area contributed by atoms with E-state index in [-0.39, 0.29) is 0 Å². The number of rotatable bonds is 14. The number of hydrogen-bond acceptors (Lipinski definition) is 5. The van der Waals surface area contributed by atoms with Crippen molar-refractivity contribution in [3.05, 3.63) is 60.7 Å². The molecule has 0 bridgehead atoms. The van der Waals surface area contributed by atoms with E-state index in [0.717, 1.165) is 63.0 Å². The third kappa shape index (κ3) is 6.47. The lowest BCUT2D eigenvalue weighted by atomic mass is 10.1. The number of unbranched alkanes of at least 4 members (excludes halogenated alkanes) is 8. The van der Waals surface area contributed by atoms with Crippen LogP contribution in [0, 0.1) is 0 Å². The molecule has 0 aliphatic rings. The van der Waals surface area contributed by atoms with Gasteiger partial charge < -0.3 is 13.9 Å². The van der Waals surface area contributed by atoms with Crippen molar-refractivity contribution in [2.75, 3.05) is 12.4 Å². The highest BCUT2D eigenvalue weighted by Gasteiger charge is 2.17. The van der Waals surface area contributed by atoms with Crippen LogP contribution in [0.5, 0.6) is 5.75 Å². The summed E-state index contributed by atoms with van der Waals surface area (Å²) in [4.78, 5) is 14.8. The molecule has 7 heteroatoms. The molecule has 0 amide bonds. The van der Waals surface area contributed by atoms with Crippen molar-refractivity contribution in [3.8, 4) is 28.8 Å². The molecule has 0 radical (unpaired) electrons. The lowest BCUT2D eigenvalue weighted by Gasteiger charge is -2.11. The fourth-order valence-electron chi connectivity index (χ4n) is 5.21. The third-order valence-corrected chi connectivity index (χ3v) is 7.72. The number of benzene rings is 2. The van der Waals surface area contributed by atoms with Crippen molar-refractivity contribution >= 4 is 34.7 Å². The molecule has 2 aromatic carbocycles. The summed E-state index contributed by atoms with van der Waals surface area (Å²) in [5, 5.41) is 0. The Balaban J connectivity index is 1.32. The van der Waals surface area contributed by atoms with Crippen molar-refractivity contribution < 1.29 is 4.74 Å². The normalized spacial score (nSPS) is 11.6. The second-order valence-electron chi connectivity index (χ2n) is 10.3. The Morgan fingerprint density at radius 1 is 0.615 bits per heavy atom. The van der Waals surface area contributed by atoms with E-state index in [0.29, 0.717) is 6.61 Å². The zero-order valence-electron chi connectivity index (χ0n) is 23.1. The molecule has 0 saturated carbocycles. The van der Waals surface area contributed by atoms with Gasteiger partial charge in [-0.3, -0.25) is 0 Å². The van der Waals surface area contributed by atoms with Gasteiger partial charge >= 0.3 is 0 Å². The first-order chi connectivity index (χ1) is 19.2. The number of pyridine rings is 1. The molecule has 5 aromatic rings. The Morgan fingerprint density at radius 2 is 1.08 bits per heavy atom.